The summed E-state index contributed by atoms with van der Waals surface area (Å²) in [6.45, 7) is 1.68. The van der Waals surface area contributed by atoms with E-state index in [1.807, 2.05) is 0 Å². The average molecular weight is 396 g/mol. The van der Waals surface area contributed by atoms with E-state index in [2.05, 4.69) is 16.0 Å². The molecular weight excluding hydrogens is 373 g/mol. The summed E-state index contributed by atoms with van der Waals surface area (Å²) in [5.74, 6) is -0.478. The second-order valence-electron chi connectivity index (χ2n) is 8.00. The first-order valence-electron chi connectivity index (χ1n) is 9.30. The van der Waals surface area contributed by atoms with Gasteiger partial charge >= 0.3 is 0 Å². The van der Waals surface area contributed by atoms with Gasteiger partial charge in [0.2, 0.25) is 5.91 Å². The average Bonchev–Trinajstić information content (AvgIpc) is 2.58. The fourth-order valence-electron chi connectivity index (χ4n) is 4.51. The molecule has 1 heterocycles. The van der Waals surface area contributed by atoms with Gasteiger partial charge in [-0.15, -0.1) is 0 Å². The lowest BCUT2D eigenvalue weighted by Gasteiger charge is -2.69. The third kappa shape index (κ3) is 3.62. The number of nitrogens with one attached hydrogen (secondary N) is 3. The Bertz CT molecular complexity index is 747. The second-order valence-corrected chi connectivity index (χ2v) is 8.41. The summed E-state index contributed by atoms with van der Waals surface area (Å²) in [5, 5.41) is 9.42. The van der Waals surface area contributed by atoms with E-state index in [0.717, 1.165) is 32.0 Å². The Morgan fingerprint density at radius 3 is 2.63 bits per heavy atom. The van der Waals surface area contributed by atoms with E-state index in [1.165, 1.54) is 12.1 Å². The fraction of sp³-hybridized carbons (Fsp3) is 0.579. The standard InChI is InChI=1S/C19H23ClFN3O3/c20-14-2-1-13(7-15(14)21)27-8-16(25)24-19-9-18(10-19,11-19)17(26)23-12-3-5-22-6-4-12/h1-2,7,12,22H,3-6,8-11H2,(H,23,26)(H,24,25). The number of piperidine rings is 1. The second kappa shape index (κ2) is 6.95. The number of hydrogen-bond donors (Lipinski definition) is 3. The molecular formula is C19H23ClFN3O3. The summed E-state index contributed by atoms with van der Waals surface area (Å²) in [7, 11) is 0. The third-order valence-corrected chi connectivity index (χ3v) is 6.16. The van der Waals surface area contributed by atoms with E-state index in [9.17, 15) is 14.0 Å². The summed E-state index contributed by atoms with van der Waals surface area (Å²) < 4.78 is 18.7. The number of benzene rings is 1. The first-order valence-corrected chi connectivity index (χ1v) is 9.68. The van der Waals surface area contributed by atoms with Gasteiger partial charge in [-0.1, -0.05) is 11.6 Å². The predicted octanol–water partition coefficient (Wildman–Crippen LogP) is 1.76. The molecule has 1 saturated heterocycles. The zero-order valence-corrected chi connectivity index (χ0v) is 15.7. The first kappa shape index (κ1) is 18.5. The molecule has 0 spiro atoms. The lowest BCUT2D eigenvalue weighted by Crippen LogP contribution is -2.78. The van der Waals surface area contributed by atoms with Crippen LogP contribution in [0, 0.1) is 11.2 Å². The lowest BCUT2D eigenvalue weighted by molar-refractivity contribution is -0.184. The zero-order valence-electron chi connectivity index (χ0n) is 14.9. The van der Waals surface area contributed by atoms with Crippen LogP contribution in [0.25, 0.3) is 0 Å². The molecule has 146 valence electrons. The van der Waals surface area contributed by atoms with Crippen molar-refractivity contribution >= 4 is 23.4 Å². The first-order chi connectivity index (χ1) is 12.9. The Balaban J connectivity index is 1.21. The maximum atomic E-state index is 13.4. The largest absolute Gasteiger partial charge is 0.484 e. The van der Waals surface area contributed by atoms with Crippen LogP contribution in [0.2, 0.25) is 5.02 Å². The molecule has 6 nitrogen and oxygen atoms in total. The van der Waals surface area contributed by atoms with Crippen molar-refractivity contribution in [2.24, 2.45) is 5.41 Å². The summed E-state index contributed by atoms with van der Waals surface area (Å²) in [6.07, 6.45) is 3.97. The smallest absolute Gasteiger partial charge is 0.258 e. The van der Waals surface area contributed by atoms with Crippen molar-refractivity contribution in [3.8, 4) is 5.75 Å². The molecule has 0 unspecified atom stereocenters. The monoisotopic (exact) mass is 395 g/mol. The van der Waals surface area contributed by atoms with E-state index >= 15 is 0 Å². The van der Waals surface area contributed by atoms with Crippen LogP contribution in [-0.2, 0) is 9.59 Å². The Labute approximate surface area is 162 Å². The van der Waals surface area contributed by atoms with E-state index in [1.54, 1.807) is 0 Å². The Morgan fingerprint density at radius 1 is 1.26 bits per heavy atom. The maximum Gasteiger partial charge on any atom is 0.258 e. The molecule has 5 rings (SSSR count). The number of ether oxygens (including phenoxy) is 1. The van der Waals surface area contributed by atoms with E-state index in [-0.39, 0.29) is 46.2 Å². The molecule has 4 fully saturated rings. The van der Waals surface area contributed by atoms with Crippen molar-refractivity contribution in [3.05, 3.63) is 29.0 Å². The molecule has 2 amide bonds. The van der Waals surface area contributed by atoms with Gasteiger partial charge in [-0.05, 0) is 57.3 Å². The molecule has 8 heteroatoms. The van der Waals surface area contributed by atoms with Crippen molar-refractivity contribution in [2.75, 3.05) is 19.7 Å². The predicted molar refractivity (Wildman–Crippen MR) is 98.1 cm³/mol. The maximum absolute atomic E-state index is 13.4. The number of rotatable bonds is 6. The highest BCUT2D eigenvalue weighted by Gasteiger charge is 2.72. The third-order valence-electron chi connectivity index (χ3n) is 5.85. The molecule has 0 radical (unpaired) electrons. The van der Waals surface area contributed by atoms with Crippen molar-refractivity contribution in [1.29, 1.82) is 0 Å². The number of halogens is 2. The molecule has 1 aliphatic heterocycles. The highest BCUT2D eigenvalue weighted by atomic mass is 35.5. The summed E-state index contributed by atoms with van der Waals surface area (Å²) >= 11 is 5.62. The molecule has 3 aliphatic carbocycles. The van der Waals surface area contributed by atoms with Gasteiger partial charge in [-0.25, -0.2) is 4.39 Å². The van der Waals surface area contributed by atoms with Gasteiger partial charge in [0, 0.05) is 17.6 Å². The number of carbonyl (C=O) groups excluding carboxylic acids is 2. The zero-order chi connectivity index (χ0) is 19.1. The number of amides is 2. The van der Waals surface area contributed by atoms with Crippen LogP contribution < -0.4 is 20.7 Å². The van der Waals surface area contributed by atoms with Crippen LogP contribution in [0.15, 0.2) is 18.2 Å². The normalized spacial score (nSPS) is 29.3. The molecule has 3 saturated carbocycles. The molecule has 3 N–H and O–H groups in total. The minimum atomic E-state index is -0.587. The topological polar surface area (TPSA) is 79.5 Å². The van der Waals surface area contributed by atoms with E-state index in [0.29, 0.717) is 19.3 Å². The van der Waals surface area contributed by atoms with Gasteiger partial charge in [0.05, 0.1) is 10.4 Å². The van der Waals surface area contributed by atoms with Crippen molar-refractivity contribution in [3.63, 3.8) is 0 Å². The van der Waals surface area contributed by atoms with Crippen LogP contribution >= 0.6 is 11.6 Å². The van der Waals surface area contributed by atoms with Crippen LogP contribution in [0.1, 0.15) is 32.1 Å². The van der Waals surface area contributed by atoms with Crippen LogP contribution in [0.5, 0.6) is 5.75 Å². The van der Waals surface area contributed by atoms with Crippen LogP contribution in [0.4, 0.5) is 4.39 Å². The van der Waals surface area contributed by atoms with Gasteiger partial charge in [-0.3, -0.25) is 9.59 Å². The fourth-order valence-corrected chi connectivity index (χ4v) is 4.63. The molecule has 0 aromatic heterocycles. The van der Waals surface area contributed by atoms with E-state index in [4.69, 9.17) is 16.3 Å². The Hall–Kier alpha value is -1.86. The lowest BCUT2D eigenvalue weighted by atomic mass is 9.39. The molecule has 1 aromatic rings. The van der Waals surface area contributed by atoms with Gasteiger partial charge in [-0.2, -0.15) is 0 Å². The van der Waals surface area contributed by atoms with Gasteiger partial charge in [0.1, 0.15) is 11.6 Å². The van der Waals surface area contributed by atoms with Crippen molar-refractivity contribution in [2.45, 2.75) is 43.7 Å². The molecule has 27 heavy (non-hydrogen) atoms. The number of hydrogen-bond acceptors (Lipinski definition) is 4. The molecule has 0 atom stereocenters. The minimum absolute atomic E-state index is 0.00809. The Morgan fingerprint density at radius 2 is 1.96 bits per heavy atom. The Kier molecular flexibility index (Phi) is 4.76. The SMILES string of the molecule is O=C(COc1ccc(Cl)c(F)c1)NC12CC(C(=O)NC3CCNCC3)(C1)C2. The highest BCUT2D eigenvalue weighted by molar-refractivity contribution is 6.30. The summed E-state index contributed by atoms with van der Waals surface area (Å²) in [4.78, 5) is 24.7. The van der Waals surface area contributed by atoms with Gasteiger partial charge in [0.15, 0.2) is 6.61 Å². The molecule has 2 bridgehead atoms. The summed E-state index contributed by atoms with van der Waals surface area (Å²) in [6, 6.07) is 4.30. The van der Waals surface area contributed by atoms with Crippen molar-refractivity contribution in [1.82, 2.24) is 16.0 Å². The highest BCUT2D eigenvalue weighted by Crippen LogP contribution is 2.67. The quantitative estimate of drug-likeness (QED) is 0.685. The van der Waals surface area contributed by atoms with Crippen molar-refractivity contribution < 1.29 is 18.7 Å². The van der Waals surface area contributed by atoms with E-state index < -0.39 is 5.82 Å². The molecule has 1 aromatic carbocycles. The van der Waals surface area contributed by atoms with Gasteiger partial charge < -0.3 is 20.7 Å². The van der Waals surface area contributed by atoms with Crippen LogP contribution in [-0.4, -0.2) is 43.1 Å². The minimum Gasteiger partial charge on any atom is -0.484 e. The summed E-state index contributed by atoms with van der Waals surface area (Å²) in [5.41, 5.74) is -0.588. The van der Waals surface area contributed by atoms with Gasteiger partial charge in [0.25, 0.3) is 5.91 Å². The van der Waals surface area contributed by atoms with Crippen LogP contribution in [0.3, 0.4) is 0 Å². The number of carbonyl (C=O) groups is 2. The molecule has 4 aliphatic rings.